The quantitative estimate of drug-likeness (QED) is 0.765. The van der Waals surface area contributed by atoms with Crippen LogP contribution in [0.15, 0.2) is 30.6 Å². The minimum absolute atomic E-state index is 0.231. The molecule has 0 aliphatic carbocycles. The molecule has 1 aliphatic rings. The lowest BCUT2D eigenvalue weighted by Gasteiger charge is -2.28. The fourth-order valence-corrected chi connectivity index (χ4v) is 4.04. The number of thiophene rings is 1. The third-order valence-corrected chi connectivity index (χ3v) is 5.52. The maximum Gasteiger partial charge on any atom is 0.266 e. The first-order valence-electron chi connectivity index (χ1n) is 8.27. The highest BCUT2D eigenvalue weighted by atomic mass is 32.1. The van der Waals surface area contributed by atoms with Gasteiger partial charge in [0.25, 0.3) is 5.91 Å². The molecule has 1 saturated heterocycles. The molecule has 0 bridgehead atoms. The van der Waals surface area contributed by atoms with E-state index in [4.69, 9.17) is 4.74 Å². The Labute approximate surface area is 153 Å². The largest absolute Gasteiger partial charge is 0.378 e. The van der Waals surface area contributed by atoms with Gasteiger partial charge in [-0.05, 0) is 36.8 Å². The first-order chi connectivity index (χ1) is 12.6. The molecule has 0 radical (unpaired) electrons. The number of morpholine rings is 1. The van der Waals surface area contributed by atoms with E-state index >= 15 is 0 Å². The first-order valence-corrected chi connectivity index (χ1v) is 9.09. The van der Waals surface area contributed by atoms with Crippen LogP contribution in [0.2, 0.25) is 0 Å². The summed E-state index contributed by atoms with van der Waals surface area (Å²) in [6, 6.07) is 5.70. The van der Waals surface area contributed by atoms with Crippen molar-refractivity contribution in [3.8, 4) is 0 Å². The van der Waals surface area contributed by atoms with Gasteiger partial charge < -0.3 is 15.0 Å². The second-order valence-electron chi connectivity index (χ2n) is 5.99. The zero-order chi connectivity index (χ0) is 18.1. The molecule has 1 fully saturated rings. The molecule has 0 atom stereocenters. The molecule has 1 N–H and O–H groups in total. The van der Waals surface area contributed by atoms with Gasteiger partial charge in [0.1, 0.15) is 22.8 Å². The number of nitrogens with one attached hydrogen (secondary N) is 1. The number of anilines is 2. The van der Waals surface area contributed by atoms with Crippen molar-refractivity contribution in [2.75, 3.05) is 36.5 Å². The maximum atomic E-state index is 13.0. The highest BCUT2D eigenvalue weighted by Crippen LogP contribution is 2.35. The number of halogens is 1. The second-order valence-corrected chi connectivity index (χ2v) is 6.99. The van der Waals surface area contributed by atoms with Gasteiger partial charge in [-0.25, -0.2) is 14.4 Å². The molecule has 134 valence electrons. The van der Waals surface area contributed by atoms with Crippen LogP contribution in [0.25, 0.3) is 10.2 Å². The number of nitrogens with zero attached hydrogens (tertiary/aromatic N) is 3. The van der Waals surface area contributed by atoms with E-state index in [-0.39, 0.29) is 11.7 Å². The maximum absolute atomic E-state index is 13.0. The third-order valence-electron chi connectivity index (χ3n) is 4.33. The van der Waals surface area contributed by atoms with Crippen molar-refractivity contribution in [3.63, 3.8) is 0 Å². The molecule has 6 nitrogen and oxygen atoms in total. The molecule has 2 aromatic heterocycles. The fraction of sp³-hybridized carbons (Fsp3) is 0.278. The lowest BCUT2D eigenvalue weighted by Crippen LogP contribution is -2.36. The summed E-state index contributed by atoms with van der Waals surface area (Å²) >= 11 is 1.34. The van der Waals surface area contributed by atoms with Crippen LogP contribution in [0.5, 0.6) is 0 Å². The van der Waals surface area contributed by atoms with E-state index in [0.717, 1.165) is 34.7 Å². The van der Waals surface area contributed by atoms with Crippen LogP contribution in [-0.4, -0.2) is 42.2 Å². The number of aromatic nitrogens is 2. The van der Waals surface area contributed by atoms with Crippen molar-refractivity contribution in [3.05, 3.63) is 46.9 Å². The molecule has 0 saturated carbocycles. The van der Waals surface area contributed by atoms with Gasteiger partial charge in [-0.15, -0.1) is 11.3 Å². The normalized spacial score (nSPS) is 14.6. The van der Waals surface area contributed by atoms with Gasteiger partial charge in [-0.1, -0.05) is 0 Å². The van der Waals surface area contributed by atoms with Gasteiger partial charge in [-0.2, -0.15) is 0 Å². The smallest absolute Gasteiger partial charge is 0.266 e. The number of ether oxygens (including phenoxy) is 1. The molecule has 1 amide bonds. The second kappa shape index (κ2) is 6.97. The van der Waals surface area contributed by atoms with Crippen LogP contribution >= 0.6 is 11.3 Å². The Morgan fingerprint density at radius 1 is 1.23 bits per heavy atom. The summed E-state index contributed by atoms with van der Waals surface area (Å²) in [6.07, 6.45) is 1.53. The molecular formula is C18H17FN4O2S. The average Bonchev–Trinajstić information content (AvgIpc) is 3.01. The summed E-state index contributed by atoms with van der Waals surface area (Å²) in [4.78, 5) is 25.0. The third kappa shape index (κ3) is 3.13. The molecule has 3 aromatic rings. The monoisotopic (exact) mass is 372 g/mol. The van der Waals surface area contributed by atoms with Crippen LogP contribution in [0.3, 0.4) is 0 Å². The number of rotatable bonds is 3. The highest BCUT2D eigenvalue weighted by Gasteiger charge is 2.23. The zero-order valence-corrected chi connectivity index (χ0v) is 15.0. The lowest BCUT2D eigenvalue weighted by molar-refractivity contribution is 0.103. The molecule has 26 heavy (non-hydrogen) atoms. The minimum atomic E-state index is -0.341. The summed E-state index contributed by atoms with van der Waals surface area (Å²) < 4.78 is 18.4. The minimum Gasteiger partial charge on any atom is -0.378 e. The Morgan fingerprint density at radius 2 is 1.96 bits per heavy atom. The van der Waals surface area contributed by atoms with Gasteiger partial charge in [0, 0.05) is 18.8 Å². The summed E-state index contributed by atoms with van der Waals surface area (Å²) in [6.45, 7) is 4.75. The number of hydrogen-bond donors (Lipinski definition) is 1. The Kier molecular flexibility index (Phi) is 4.52. The van der Waals surface area contributed by atoms with E-state index in [2.05, 4.69) is 20.2 Å². The number of hydrogen-bond acceptors (Lipinski definition) is 6. The van der Waals surface area contributed by atoms with E-state index in [1.807, 2.05) is 6.92 Å². The van der Waals surface area contributed by atoms with E-state index < -0.39 is 0 Å². The van der Waals surface area contributed by atoms with E-state index in [9.17, 15) is 9.18 Å². The molecule has 1 aromatic carbocycles. The molecule has 1 aliphatic heterocycles. The van der Waals surface area contributed by atoms with Gasteiger partial charge >= 0.3 is 0 Å². The number of fused-ring (bicyclic) bond motifs is 1. The average molecular weight is 372 g/mol. The Balaban J connectivity index is 1.68. The highest BCUT2D eigenvalue weighted by molar-refractivity contribution is 7.20. The number of amides is 1. The number of carbonyl (C=O) groups excluding carboxylic acids is 1. The number of carbonyl (C=O) groups is 1. The van der Waals surface area contributed by atoms with Crippen LogP contribution in [-0.2, 0) is 4.74 Å². The van der Waals surface area contributed by atoms with Crippen LogP contribution in [0.4, 0.5) is 15.9 Å². The standard InChI is InChI=1S/C18H17FN4O2S/c1-11-14-16(23-6-8-25-9-7-23)20-10-21-18(14)26-15(11)17(24)22-13-4-2-12(19)3-5-13/h2-5,10H,6-9H2,1H3,(H,22,24). The Morgan fingerprint density at radius 3 is 2.69 bits per heavy atom. The van der Waals surface area contributed by atoms with Gasteiger partial charge in [0.15, 0.2) is 0 Å². The van der Waals surface area contributed by atoms with Gasteiger partial charge in [0.2, 0.25) is 0 Å². The van der Waals surface area contributed by atoms with Crippen molar-refractivity contribution in [1.82, 2.24) is 9.97 Å². The predicted molar refractivity (Wildman–Crippen MR) is 99.5 cm³/mol. The lowest BCUT2D eigenvalue weighted by atomic mass is 10.2. The Hall–Kier alpha value is -2.58. The van der Waals surface area contributed by atoms with Crippen molar-refractivity contribution in [2.45, 2.75) is 6.92 Å². The van der Waals surface area contributed by atoms with Crippen molar-refractivity contribution in [2.24, 2.45) is 0 Å². The van der Waals surface area contributed by atoms with Crippen LogP contribution < -0.4 is 10.2 Å². The fourth-order valence-electron chi connectivity index (χ4n) is 3.01. The molecule has 8 heteroatoms. The Bertz CT molecular complexity index is 952. The summed E-state index contributed by atoms with van der Waals surface area (Å²) in [7, 11) is 0. The number of benzene rings is 1. The molecule has 4 rings (SSSR count). The van der Waals surface area contributed by atoms with Crippen molar-refractivity contribution < 1.29 is 13.9 Å². The van der Waals surface area contributed by atoms with Gasteiger partial charge in [-0.3, -0.25) is 4.79 Å². The van der Waals surface area contributed by atoms with E-state index in [1.165, 1.54) is 41.9 Å². The SMILES string of the molecule is Cc1c(C(=O)Nc2ccc(F)cc2)sc2ncnc(N3CCOCC3)c12. The molecule has 3 heterocycles. The molecule has 0 spiro atoms. The van der Waals surface area contributed by atoms with Crippen LogP contribution in [0.1, 0.15) is 15.2 Å². The van der Waals surface area contributed by atoms with Gasteiger partial charge in [0.05, 0.1) is 23.5 Å². The summed E-state index contributed by atoms with van der Waals surface area (Å²) in [5.74, 6) is 0.268. The molecular weight excluding hydrogens is 355 g/mol. The first kappa shape index (κ1) is 16.9. The number of aryl methyl sites for hydroxylation is 1. The summed E-state index contributed by atoms with van der Waals surface area (Å²) in [5.41, 5.74) is 1.40. The van der Waals surface area contributed by atoms with Crippen LogP contribution in [0, 0.1) is 12.7 Å². The topological polar surface area (TPSA) is 67.4 Å². The molecule has 0 unspecified atom stereocenters. The summed E-state index contributed by atoms with van der Waals surface area (Å²) in [5, 5.41) is 3.72. The van der Waals surface area contributed by atoms with Crippen molar-refractivity contribution in [1.29, 1.82) is 0 Å². The zero-order valence-electron chi connectivity index (χ0n) is 14.2. The predicted octanol–water partition coefficient (Wildman–Crippen LogP) is 3.23. The van der Waals surface area contributed by atoms with E-state index in [1.54, 1.807) is 0 Å². The van der Waals surface area contributed by atoms with Crippen molar-refractivity contribution >= 4 is 39.0 Å². The van der Waals surface area contributed by atoms with E-state index in [0.29, 0.717) is 23.8 Å².